The fourth-order valence-corrected chi connectivity index (χ4v) is 3.92. The summed E-state index contributed by atoms with van der Waals surface area (Å²) in [6, 6.07) is 5.38. The van der Waals surface area contributed by atoms with Gasteiger partial charge in [-0.05, 0) is 43.9 Å². The highest BCUT2D eigenvalue weighted by molar-refractivity contribution is 8.16. The third kappa shape index (κ3) is 3.94. The van der Waals surface area contributed by atoms with E-state index in [4.69, 9.17) is 14.2 Å². The summed E-state index contributed by atoms with van der Waals surface area (Å²) >= 11 is 1.53. The number of fused-ring (bicyclic) bond motifs is 1. The number of aliphatic imine (C=N–C) groups is 1. The maximum absolute atomic E-state index is 12.7. The predicted molar refractivity (Wildman–Crippen MR) is 111 cm³/mol. The monoisotopic (exact) mass is 400 g/mol. The van der Waals surface area contributed by atoms with Crippen LogP contribution in [0.15, 0.2) is 58.7 Å². The highest BCUT2D eigenvalue weighted by atomic mass is 32.2. The Hall–Kier alpha value is -2.67. The molecule has 2 heterocycles. The van der Waals surface area contributed by atoms with Crippen LogP contribution in [-0.4, -0.2) is 35.9 Å². The van der Waals surface area contributed by atoms with Crippen LogP contribution in [0.5, 0.6) is 11.5 Å². The molecule has 28 heavy (non-hydrogen) atoms. The zero-order valence-electron chi connectivity index (χ0n) is 16.3. The Morgan fingerprint density at radius 3 is 2.82 bits per heavy atom. The summed E-state index contributed by atoms with van der Waals surface area (Å²) in [6.45, 7) is 10.4. The number of esters is 1. The summed E-state index contributed by atoms with van der Waals surface area (Å²) in [6.07, 6.45) is 3.62. The lowest BCUT2D eigenvalue weighted by molar-refractivity contribution is -0.139. The lowest BCUT2D eigenvalue weighted by Gasteiger charge is -2.33. The minimum Gasteiger partial charge on any atom is -0.490 e. The number of amidine groups is 1. The molecular weight excluding hydrogens is 376 g/mol. The first-order valence-corrected chi connectivity index (χ1v) is 10.1. The Kier molecular flexibility index (Phi) is 6.46. The Morgan fingerprint density at radius 1 is 1.29 bits per heavy atom. The fraction of sp³-hybridized carbons (Fsp3) is 0.333. The number of nitrogens with zero attached hydrogens (tertiary/aromatic N) is 2. The van der Waals surface area contributed by atoms with E-state index in [1.165, 1.54) is 11.8 Å². The first-order chi connectivity index (χ1) is 13.6. The summed E-state index contributed by atoms with van der Waals surface area (Å²) in [4.78, 5) is 19.3. The molecule has 0 fully saturated rings. The van der Waals surface area contributed by atoms with Crippen LogP contribution in [0.1, 0.15) is 32.4 Å². The van der Waals surface area contributed by atoms with Gasteiger partial charge in [0, 0.05) is 6.20 Å². The number of ether oxygens (including phenoxy) is 3. The minimum absolute atomic E-state index is 0.308. The summed E-state index contributed by atoms with van der Waals surface area (Å²) in [5.74, 6) is 0.908. The van der Waals surface area contributed by atoms with Gasteiger partial charge in [-0.2, -0.15) is 0 Å². The molecule has 1 aromatic rings. The summed E-state index contributed by atoms with van der Waals surface area (Å²) in [5, 5.41) is 2.79. The van der Waals surface area contributed by atoms with E-state index >= 15 is 0 Å². The number of hydrogen-bond donors (Lipinski definition) is 0. The van der Waals surface area contributed by atoms with Gasteiger partial charge in [0.05, 0.1) is 30.5 Å². The Morgan fingerprint density at radius 2 is 2.11 bits per heavy atom. The van der Waals surface area contributed by atoms with Gasteiger partial charge < -0.3 is 19.1 Å². The molecule has 2 aliphatic heterocycles. The predicted octanol–water partition coefficient (Wildman–Crippen LogP) is 4.42. The van der Waals surface area contributed by atoms with Crippen molar-refractivity contribution in [2.45, 2.75) is 26.8 Å². The van der Waals surface area contributed by atoms with E-state index in [2.05, 4.69) is 11.6 Å². The molecule has 0 saturated heterocycles. The number of carbonyl (C=O) groups is 1. The van der Waals surface area contributed by atoms with E-state index in [0.717, 1.165) is 10.7 Å². The van der Waals surface area contributed by atoms with Gasteiger partial charge in [-0.1, -0.05) is 30.5 Å². The molecule has 3 rings (SSSR count). The van der Waals surface area contributed by atoms with Crippen molar-refractivity contribution < 1.29 is 19.0 Å². The third-order valence-electron chi connectivity index (χ3n) is 4.26. The molecule has 0 bridgehead atoms. The van der Waals surface area contributed by atoms with Crippen LogP contribution >= 0.6 is 11.8 Å². The van der Waals surface area contributed by atoms with Crippen molar-refractivity contribution in [3.05, 3.63) is 59.3 Å². The fourth-order valence-electron chi connectivity index (χ4n) is 3.13. The van der Waals surface area contributed by atoms with Gasteiger partial charge in [0.2, 0.25) is 0 Å². The molecule has 0 N–H and O–H groups in total. The lowest BCUT2D eigenvalue weighted by Crippen LogP contribution is -2.34. The topological polar surface area (TPSA) is 60.4 Å². The van der Waals surface area contributed by atoms with Crippen molar-refractivity contribution in [1.29, 1.82) is 0 Å². The van der Waals surface area contributed by atoms with E-state index < -0.39 is 0 Å². The summed E-state index contributed by atoms with van der Waals surface area (Å²) < 4.78 is 16.8. The second-order valence-electron chi connectivity index (χ2n) is 6.07. The quantitative estimate of drug-likeness (QED) is 0.476. The van der Waals surface area contributed by atoms with Crippen molar-refractivity contribution in [1.82, 2.24) is 4.90 Å². The maximum Gasteiger partial charge on any atom is 0.338 e. The molecule has 1 atom stereocenters. The second kappa shape index (κ2) is 9.01. The number of hydrogen-bond acceptors (Lipinski definition) is 7. The summed E-state index contributed by atoms with van der Waals surface area (Å²) in [5.41, 5.74) is 2.09. The van der Waals surface area contributed by atoms with Crippen LogP contribution in [0.4, 0.5) is 0 Å². The largest absolute Gasteiger partial charge is 0.490 e. The maximum atomic E-state index is 12.7. The van der Waals surface area contributed by atoms with Crippen LogP contribution < -0.4 is 9.47 Å². The van der Waals surface area contributed by atoms with Crippen molar-refractivity contribution >= 4 is 22.9 Å². The van der Waals surface area contributed by atoms with Gasteiger partial charge in [0.25, 0.3) is 0 Å². The van der Waals surface area contributed by atoms with Crippen LogP contribution in [-0.2, 0) is 9.53 Å². The highest BCUT2D eigenvalue weighted by Crippen LogP contribution is 2.43. The molecular formula is C21H24N2O4S. The smallest absolute Gasteiger partial charge is 0.338 e. The number of thioether (sulfide) groups is 1. The average molecular weight is 401 g/mol. The van der Waals surface area contributed by atoms with Gasteiger partial charge in [0.15, 0.2) is 16.7 Å². The van der Waals surface area contributed by atoms with E-state index in [1.807, 2.05) is 48.6 Å². The standard InChI is InChI=1S/C21H24N2O4S/c1-5-11-27-16-9-8-15(13-17(16)25-6-2)19-18(20(24)26-7-3)14(4)22-21-23(19)10-12-28-21/h5,8-10,12-13,19H,1,6-7,11H2,2-4H3. The SMILES string of the molecule is C=CCOc1ccc(C2C(C(=O)OCC)=C(C)N=C3SC=CN32)cc1OCC. The zero-order chi connectivity index (χ0) is 20.1. The molecule has 0 aromatic heterocycles. The Labute approximate surface area is 169 Å². The van der Waals surface area contributed by atoms with Crippen LogP contribution in [0.25, 0.3) is 0 Å². The van der Waals surface area contributed by atoms with Gasteiger partial charge >= 0.3 is 5.97 Å². The lowest BCUT2D eigenvalue weighted by atomic mass is 9.94. The van der Waals surface area contributed by atoms with E-state index in [1.54, 1.807) is 13.0 Å². The Balaban J connectivity index is 2.06. The van der Waals surface area contributed by atoms with Crippen LogP contribution in [0.2, 0.25) is 0 Å². The third-order valence-corrected chi connectivity index (χ3v) is 5.03. The van der Waals surface area contributed by atoms with Crippen molar-refractivity contribution in [3.63, 3.8) is 0 Å². The molecule has 0 aliphatic carbocycles. The molecule has 0 spiro atoms. The van der Waals surface area contributed by atoms with Crippen molar-refractivity contribution in [2.24, 2.45) is 4.99 Å². The first-order valence-electron chi connectivity index (χ1n) is 9.19. The number of benzene rings is 1. The first kappa shape index (κ1) is 20.1. The van der Waals surface area contributed by atoms with Crippen molar-refractivity contribution in [2.75, 3.05) is 19.8 Å². The highest BCUT2D eigenvalue weighted by Gasteiger charge is 2.37. The molecule has 0 amide bonds. The van der Waals surface area contributed by atoms with Gasteiger partial charge in [-0.25, -0.2) is 9.79 Å². The number of allylic oxidation sites excluding steroid dienone is 1. The molecule has 148 valence electrons. The number of carbonyl (C=O) groups excluding carboxylic acids is 1. The number of rotatable bonds is 8. The van der Waals surface area contributed by atoms with Gasteiger partial charge in [-0.15, -0.1) is 0 Å². The normalized spacial score (nSPS) is 17.9. The van der Waals surface area contributed by atoms with E-state index in [0.29, 0.717) is 42.6 Å². The molecule has 1 aromatic carbocycles. The van der Waals surface area contributed by atoms with E-state index in [9.17, 15) is 4.79 Å². The average Bonchev–Trinajstić information content (AvgIpc) is 3.14. The summed E-state index contributed by atoms with van der Waals surface area (Å²) in [7, 11) is 0. The van der Waals surface area contributed by atoms with E-state index in [-0.39, 0.29) is 12.0 Å². The van der Waals surface area contributed by atoms with Gasteiger partial charge in [-0.3, -0.25) is 0 Å². The molecule has 2 aliphatic rings. The Bertz CT molecular complexity index is 860. The van der Waals surface area contributed by atoms with Crippen LogP contribution in [0, 0.1) is 0 Å². The zero-order valence-corrected chi connectivity index (χ0v) is 17.1. The van der Waals surface area contributed by atoms with Crippen LogP contribution in [0.3, 0.4) is 0 Å². The molecule has 7 heteroatoms. The van der Waals surface area contributed by atoms with Crippen molar-refractivity contribution in [3.8, 4) is 11.5 Å². The molecule has 1 unspecified atom stereocenters. The second-order valence-corrected chi connectivity index (χ2v) is 6.94. The molecule has 6 nitrogen and oxygen atoms in total. The molecule has 0 saturated carbocycles. The minimum atomic E-state index is -0.358. The van der Waals surface area contributed by atoms with Gasteiger partial charge in [0.1, 0.15) is 6.61 Å². The molecule has 0 radical (unpaired) electrons.